The highest BCUT2D eigenvalue weighted by molar-refractivity contribution is 6.25. The first kappa shape index (κ1) is 17.8. The lowest BCUT2D eigenvalue weighted by Gasteiger charge is -2.10. The molecule has 0 N–H and O–H groups in total. The lowest BCUT2D eigenvalue weighted by atomic mass is 10.1. The second-order valence-electron chi connectivity index (χ2n) is 6.11. The molecule has 1 aromatic rings. The van der Waals surface area contributed by atoms with Crippen LogP contribution < -0.4 is 0 Å². The van der Waals surface area contributed by atoms with Crippen molar-refractivity contribution in [2.45, 2.75) is 27.4 Å². The van der Waals surface area contributed by atoms with Gasteiger partial charge in [-0.1, -0.05) is 31.5 Å². The molecule has 7 heteroatoms. The summed E-state index contributed by atoms with van der Waals surface area (Å²) in [5.74, 6) is -7.48. The van der Waals surface area contributed by atoms with Crippen molar-refractivity contribution in [3.8, 4) is 0 Å². The third-order valence-electron chi connectivity index (χ3n) is 4.38. The van der Waals surface area contributed by atoms with Gasteiger partial charge < -0.3 is 4.74 Å². The summed E-state index contributed by atoms with van der Waals surface area (Å²) in [7, 11) is 0. The van der Waals surface area contributed by atoms with Crippen molar-refractivity contribution < 1.29 is 27.1 Å². The molecule has 1 fully saturated rings. The van der Waals surface area contributed by atoms with Gasteiger partial charge >= 0.3 is 5.97 Å². The fourth-order valence-electron chi connectivity index (χ4n) is 2.71. The summed E-state index contributed by atoms with van der Waals surface area (Å²) in [5, 5.41) is 0. The van der Waals surface area contributed by atoms with Gasteiger partial charge in [-0.25, -0.2) is 17.6 Å². The van der Waals surface area contributed by atoms with Gasteiger partial charge in [-0.05, 0) is 18.3 Å². The van der Waals surface area contributed by atoms with Crippen LogP contribution in [0.3, 0.4) is 0 Å². The zero-order chi connectivity index (χ0) is 17.5. The second-order valence-corrected chi connectivity index (χ2v) is 6.36. The Balaban J connectivity index is 2.15. The second kappa shape index (κ2) is 6.15. The Morgan fingerprint density at radius 1 is 1.17 bits per heavy atom. The monoisotopic (exact) mass is 350 g/mol. The maximum Gasteiger partial charge on any atom is 0.310 e. The van der Waals surface area contributed by atoms with Gasteiger partial charge in [0.2, 0.25) is 0 Å². The van der Waals surface area contributed by atoms with Gasteiger partial charge in [0, 0.05) is 11.1 Å². The van der Waals surface area contributed by atoms with E-state index in [1.807, 2.05) is 13.8 Å². The Morgan fingerprint density at radius 2 is 1.70 bits per heavy atom. The summed E-state index contributed by atoms with van der Waals surface area (Å²) in [6.45, 7) is 3.66. The summed E-state index contributed by atoms with van der Waals surface area (Å²) >= 11 is 5.48. The minimum Gasteiger partial charge on any atom is -0.460 e. The molecule has 1 aliphatic rings. The quantitative estimate of drug-likeness (QED) is 0.450. The predicted molar refractivity (Wildman–Crippen MR) is 76.6 cm³/mol. The molecule has 0 unspecified atom stereocenters. The van der Waals surface area contributed by atoms with Crippen LogP contribution in [0.4, 0.5) is 17.6 Å². The van der Waals surface area contributed by atoms with Crippen LogP contribution in [0, 0.1) is 47.4 Å². The van der Waals surface area contributed by atoms with E-state index in [2.05, 4.69) is 0 Å². The number of carbonyl (C=O) groups excluding carboxylic acids is 1. The van der Waals surface area contributed by atoms with Crippen molar-refractivity contribution in [2.24, 2.45) is 17.3 Å². The van der Waals surface area contributed by atoms with Gasteiger partial charge in [0.1, 0.15) is 6.61 Å². The number of hydrogen-bond acceptors (Lipinski definition) is 2. The Labute approximate surface area is 136 Å². The van der Waals surface area contributed by atoms with Crippen LogP contribution in [0.2, 0.25) is 0 Å². The van der Waals surface area contributed by atoms with E-state index in [0.717, 1.165) is 6.92 Å². The van der Waals surface area contributed by atoms with E-state index in [1.54, 1.807) is 6.08 Å². The predicted octanol–water partition coefficient (Wildman–Crippen LogP) is 4.62. The lowest BCUT2D eigenvalue weighted by Crippen LogP contribution is -2.14. The van der Waals surface area contributed by atoms with Gasteiger partial charge in [-0.3, -0.25) is 4.79 Å². The largest absolute Gasteiger partial charge is 0.460 e. The molecule has 0 amide bonds. The van der Waals surface area contributed by atoms with Crippen LogP contribution in [0.15, 0.2) is 11.6 Å². The van der Waals surface area contributed by atoms with Crippen molar-refractivity contribution in [1.29, 1.82) is 0 Å². The van der Waals surface area contributed by atoms with Crippen molar-refractivity contribution >= 4 is 17.6 Å². The molecular formula is C16H15ClF4O2. The number of hydrogen-bond donors (Lipinski definition) is 0. The third kappa shape index (κ3) is 2.96. The number of rotatable bonds is 4. The summed E-state index contributed by atoms with van der Waals surface area (Å²) in [6, 6.07) is 0. The molecule has 1 aromatic carbocycles. The highest BCUT2D eigenvalue weighted by Crippen LogP contribution is 2.59. The van der Waals surface area contributed by atoms with Crippen molar-refractivity contribution in [3.05, 3.63) is 46.0 Å². The summed E-state index contributed by atoms with van der Waals surface area (Å²) in [5.41, 5.74) is -0.819. The minimum absolute atomic E-state index is 0.159. The SMILES string of the molecule is Cc1c(F)c(F)c(COC(=O)[C@H]2[C@@H](/C=C/Cl)C2(C)C)c(F)c1F. The Kier molecular flexibility index (Phi) is 4.76. The molecule has 0 saturated heterocycles. The van der Waals surface area contributed by atoms with Crippen LogP contribution in [0.25, 0.3) is 0 Å². The topological polar surface area (TPSA) is 26.3 Å². The van der Waals surface area contributed by atoms with Crippen LogP contribution in [0.1, 0.15) is 25.0 Å². The van der Waals surface area contributed by atoms with E-state index in [9.17, 15) is 22.4 Å². The molecule has 126 valence electrons. The number of halogens is 5. The first-order valence-corrected chi connectivity index (χ1v) is 7.33. The van der Waals surface area contributed by atoms with Crippen LogP contribution >= 0.6 is 11.6 Å². The maximum absolute atomic E-state index is 13.7. The maximum atomic E-state index is 13.7. The van der Waals surface area contributed by atoms with E-state index >= 15 is 0 Å². The van der Waals surface area contributed by atoms with Gasteiger partial charge in [0.15, 0.2) is 23.3 Å². The van der Waals surface area contributed by atoms with Gasteiger partial charge in [0.05, 0.1) is 11.5 Å². The molecule has 0 radical (unpaired) electrons. The van der Waals surface area contributed by atoms with E-state index < -0.39 is 58.3 Å². The number of allylic oxidation sites excluding steroid dienone is 1. The smallest absolute Gasteiger partial charge is 0.310 e. The normalized spacial score (nSPS) is 22.4. The van der Waals surface area contributed by atoms with E-state index in [-0.39, 0.29) is 5.92 Å². The van der Waals surface area contributed by atoms with Gasteiger partial charge in [-0.2, -0.15) is 0 Å². The standard InChI is InChI=1S/C16H15ClF4O2/c1-7-11(18)13(20)8(14(21)12(7)19)6-23-15(22)10-9(4-5-17)16(10,2)3/h4-5,9-10H,6H2,1-3H3/b5-4+/t9-,10-/m1/s1. The summed E-state index contributed by atoms with van der Waals surface area (Å²) < 4.78 is 59.2. The van der Waals surface area contributed by atoms with Crippen molar-refractivity contribution in [3.63, 3.8) is 0 Å². The molecule has 1 saturated carbocycles. The number of esters is 1. The summed E-state index contributed by atoms with van der Waals surface area (Å²) in [4.78, 5) is 12.0. The Morgan fingerprint density at radius 3 is 2.17 bits per heavy atom. The third-order valence-corrected chi connectivity index (χ3v) is 4.52. The van der Waals surface area contributed by atoms with E-state index in [1.165, 1.54) is 5.54 Å². The molecule has 2 nitrogen and oxygen atoms in total. The number of carbonyl (C=O) groups is 1. The molecule has 0 heterocycles. The van der Waals surface area contributed by atoms with E-state index in [4.69, 9.17) is 16.3 Å². The molecule has 0 aliphatic heterocycles. The average molecular weight is 351 g/mol. The zero-order valence-electron chi connectivity index (χ0n) is 12.7. The first-order valence-electron chi connectivity index (χ1n) is 6.89. The highest BCUT2D eigenvalue weighted by Gasteiger charge is 2.61. The molecule has 0 spiro atoms. The van der Waals surface area contributed by atoms with Crippen LogP contribution in [-0.2, 0) is 16.1 Å². The molecule has 0 bridgehead atoms. The minimum atomic E-state index is -1.55. The molecular weight excluding hydrogens is 336 g/mol. The molecule has 1 aliphatic carbocycles. The molecule has 2 atom stereocenters. The lowest BCUT2D eigenvalue weighted by molar-refractivity contribution is -0.147. The van der Waals surface area contributed by atoms with Crippen LogP contribution in [0.5, 0.6) is 0 Å². The number of benzene rings is 1. The molecule has 0 aromatic heterocycles. The average Bonchev–Trinajstić information content (AvgIpc) is 3.04. The molecule has 2 rings (SSSR count). The van der Waals surface area contributed by atoms with Crippen molar-refractivity contribution in [1.82, 2.24) is 0 Å². The highest BCUT2D eigenvalue weighted by atomic mass is 35.5. The zero-order valence-corrected chi connectivity index (χ0v) is 13.5. The van der Waals surface area contributed by atoms with Gasteiger partial charge in [0.25, 0.3) is 0 Å². The first-order chi connectivity index (χ1) is 10.6. The summed E-state index contributed by atoms with van der Waals surface area (Å²) in [6.07, 6.45) is 1.62. The van der Waals surface area contributed by atoms with Crippen LogP contribution in [-0.4, -0.2) is 5.97 Å². The van der Waals surface area contributed by atoms with Gasteiger partial charge in [-0.15, -0.1) is 0 Å². The number of ether oxygens (including phenoxy) is 1. The Hall–Kier alpha value is -1.56. The fraction of sp³-hybridized carbons (Fsp3) is 0.438. The van der Waals surface area contributed by atoms with E-state index in [0.29, 0.717) is 0 Å². The fourth-order valence-corrected chi connectivity index (χ4v) is 2.87. The van der Waals surface area contributed by atoms with Crippen molar-refractivity contribution in [2.75, 3.05) is 0 Å². The Bertz CT molecular complexity index is 656. The molecule has 23 heavy (non-hydrogen) atoms.